The Hall–Kier alpha value is -3.88. The summed E-state index contributed by atoms with van der Waals surface area (Å²) in [5, 5.41) is 21.5. The van der Waals surface area contributed by atoms with Crippen LogP contribution in [0.1, 0.15) is 30.9 Å². The van der Waals surface area contributed by atoms with Crippen molar-refractivity contribution in [3.05, 3.63) is 80.6 Å². The normalized spacial score (nSPS) is 11.8. The number of carbonyl (C=O) groups is 1. The van der Waals surface area contributed by atoms with Crippen LogP contribution >= 0.6 is 0 Å². The summed E-state index contributed by atoms with van der Waals surface area (Å²) >= 11 is 0. The summed E-state index contributed by atoms with van der Waals surface area (Å²) in [7, 11) is 0. The maximum Gasteiger partial charge on any atom is 0.354 e. The molecule has 0 fully saturated rings. The fourth-order valence-corrected chi connectivity index (χ4v) is 3.19. The van der Waals surface area contributed by atoms with Crippen molar-refractivity contribution in [2.45, 2.75) is 39.8 Å². The van der Waals surface area contributed by atoms with Crippen molar-refractivity contribution >= 4 is 17.6 Å². The molecular weight excluding hydrogens is 412 g/mol. The summed E-state index contributed by atoms with van der Waals surface area (Å²) in [6, 6.07) is 13.8. The lowest BCUT2D eigenvalue weighted by atomic mass is 10.1. The monoisotopic (exact) mass is 438 g/mol. The zero-order valence-corrected chi connectivity index (χ0v) is 18.0. The zero-order valence-electron chi connectivity index (χ0n) is 18.0. The van der Waals surface area contributed by atoms with Gasteiger partial charge in [-0.15, -0.1) is 0 Å². The van der Waals surface area contributed by atoms with Gasteiger partial charge in [0, 0.05) is 12.2 Å². The average Bonchev–Trinajstić information content (AvgIpc) is 2.76. The van der Waals surface area contributed by atoms with Crippen molar-refractivity contribution in [3.8, 4) is 5.75 Å². The Morgan fingerprint density at radius 1 is 1.06 bits per heavy atom. The second-order valence-corrected chi connectivity index (χ2v) is 7.78. The van der Waals surface area contributed by atoms with E-state index in [0.717, 1.165) is 15.7 Å². The highest BCUT2D eigenvalue weighted by atomic mass is 16.4. The highest BCUT2D eigenvalue weighted by molar-refractivity contribution is 5.69. The third-order valence-corrected chi connectivity index (χ3v) is 5.18. The summed E-state index contributed by atoms with van der Waals surface area (Å²) in [6.45, 7) is 3.82. The van der Waals surface area contributed by atoms with Crippen LogP contribution in [-0.4, -0.2) is 30.3 Å². The third kappa shape index (κ3) is 5.63. The molecule has 3 rings (SSSR count). The number of nitrogens with one attached hydrogen (secondary N) is 1. The number of nitrogens with zero attached hydrogens (tertiary/aromatic N) is 3. The molecule has 0 aliphatic heterocycles. The molecule has 32 heavy (non-hydrogen) atoms. The van der Waals surface area contributed by atoms with E-state index in [1.807, 2.05) is 31.2 Å². The number of benzene rings is 2. The fourth-order valence-electron chi connectivity index (χ4n) is 3.19. The van der Waals surface area contributed by atoms with E-state index in [1.165, 1.54) is 16.7 Å². The van der Waals surface area contributed by atoms with Gasteiger partial charge in [-0.25, -0.2) is 14.2 Å². The lowest BCUT2D eigenvalue weighted by Gasteiger charge is -2.16. The molecule has 0 aliphatic rings. The largest absolute Gasteiger partial charge is 0.508 e. The van der Waals surface area contributed by atoms with Crippen LogP contribution in [-0.2, 0) is 17.9 Å². The van der Waals surface area contributed by atoms with Crippen LogP contribution in [0.15, 0.2) is 58.1 Å². The Morgan fingerprint density at radius 2 is 1.72 bits per heavy atom. The van der Waals surface area contributed by atoms with Crippen molar-refractivity contribution in [2.75, 3.05) is 5.32 Å². The molecular formula is C23H26N4O5. The number of rotatable bonds is 9. The van der Waals surface area contributed by atoms with Crippen LogP contribution in [0.2, 0.25) is 0 Å². The molecule has 2 aromatic carbocycles. The first kappa shape index (κ1) is 22.8. The van der Waals surface area contributed by atoms with E-state index in [1.54, 1.807) is 19.1 Å². The maximum absolute atomic E-state index is 13.2. The molecule has 3 N–H and O–H groups in total. The Bertz CT molecular complexity index is 1200. The minimum Gasteiger partial charge on any atom is -0.508 e. The Morgan fingerprint density at radius 3 is 2.34 bits per heavy atom. The van der Waals surface area contributed by atoms with Gasteiger partial charge in [0.15, 0.2) is 0 Å². The Kier molecular flexibility index (Phi) is 7.09. The number of anilines is 2. The summed E-state index contributed by atoms with van der Waals surface area (Å²) in [5.74, 6) is -1.31. The van der Waals surface area contributed by atoms with Crippen LogP contribution in [0.25, 0.3) is 0 Å². The number of carboxylic acid groups (broad SMARTS) is 1. The summed E-state index contributed by atoms with van der Waals surface area (Å²) in [5.41, 5.74) is 1.26. The number of aromatic nitrogens is 3. The van der Waals surface area contributed by atoms with E-state index in [9.17, 15) is 19.5 Å². The number of aryl methyl sites for hydroxylation is 1. The van der Waals surface area contributed by atoms with Crippen LogP contribution in [0, 0.1) is 12.8 Å². The van der Waals surface area contributed by atoms with Crippen LogP contribution in [0.5, 0.6) is 5.75 Å². The van der Waals surface area contributed by atoms with E-state index < -0.39 is 23.3 Å². The zero-order chi connectivity index (χ0) is 23.3. The first-order valence-corrected chi connectivity index (χ1v) is 10.3. The quantitative estimate of drug-likeness (QED) is 0.439. The second-order valence-electron chi connectivity index (χ2n) is 7.78. The summed E-state index contributed by atoms with van der Waals surface area (Å²) in [4.78, 5) is 40.9. The van der Waals surface area contributed by atoms with Crippen LogP contribution < -0.4 is 16.7 Å². The number of hydrogen-bond donors (Lipinski definition) is 3. The standard InChI is InChI=1S/C23H26N4O5/c1-15-5-7-17(8-6-15)14-27-21(24-18-9-11-19(28)12-10-18)25-22(31)26(23(27)32)13-3-4-16(2)20(29)30/h5-12,16,28H,3-4,13-14H2,1-2H3,(H,29,30)(H,24,25,31)/t16-/m1/s1. The van der Waals surface area contributed by atoms with Gasteiger partial charge in [-0.05, 0) is 49.6 Å². The third-order valence-electron chi connectivity index (χ3n) is 5.18. The van der Waals surface area contributed by atoms with Crippen LogP contribution in [0.3, 0.4) is 0 Å². The predicted molar refractivity (Wildman–Crippen MR) is 120 cm³/mol. The minimum atomic E-state index is -0.916. The van der Waals surface area contributed by atoms with Crippen molar-refractivity contribution in [1.29, 1.82) is 0 Å². The molecule has 9 nitrogen and oxygen atoms in total. The Balaban J connectivity index is 1.96. The van der Waals surface area contributed by atoms with Gasteiger partial charge in [0.1, 0.15) is 5.75 Å². The lowest BCUT2D eigenvalue weighted by molar-refractivity contribution is -0.141. The first-order chi connectivity index (χ1) is 15.2. The van der Waals surface area contributed by atoms with E-state index in [2.05, 4.69) is 10.3 Å². The fraction of sp³-hybridized carbons (Fsp3) is 0.304. The SMILES string of the molecule is Cc1ccc(Cn2c(Nc3ccc(O)cc3)nc(=O)n(CCC[C@@H](C)C(=O)O)c2=O)cc1. The van der Waals surface area contributed by atoms with Gasteiger partial charge in [-0.3, -0.25) is 9.36 Å². The number of aromatic hydroxyl groups is 1. The molecule has 0 amide bonds. The van der Waals surface area contributed by atoms with Gasteiger partial charge >= 0.3 is 17.3 Å². The van der Waals surface area contributed by atoms with Crippen molar-refractivity contribution in [1.82, 2.24) is 14.1 Å². The molecule has 0 radical (unpaired) electrons. The average molecular weight is 438 g/mol. The molecule has 1 aromatic heterocycles. The smallest absolute Gasteiger partial charge is 0.354 e. The van der Waals surface area contributed by atoms with E-state index in [0.29, 0.717) is 18.5 Å². The molecule has 0 spiro atoms. The minimum absolute atomic E-state index is 0.0790. The predicted octanol–water partition coefficient (Wildman–Crippen LogP) is 2.71. The molecule has 9 heteroatoms. The van der Waals surface area contributed by atoms with E-state index in [-0.39, 0.29) is 24.8 Å². The van der Waals surface area contributed by atoms with Crippen molar-refractivity contribution < 1.29 is 15.0 Å². The van der Waals surface area contributed by atoms with E-state index in [4.69, 9.17) is 5.11 Å². The highest BCUT2D eigenvalue weighted by Gasteiger charge is 2.16. The Labute approximate surface area is 184 Å². The summed E-state index contributed by atoms with van der Waals surface area (Å²) in [6.07, 6.45) is 0.701. The first-order valence-electron chi connectivity index (χ1n) is 10.3. The van der Waals surface area contributed by atoms with Gasteiger partial charge in [0.05, 0.1) is 12.5 Å². The van der Waals surface area contributed by atoms with Gasteiger partial charge < -0.3 is 15.5 Å². The number of carboxylic acids is 1. The topological polar surface area (TPSA) is 126 Å². The molecule has 0 aliphatic carbocycles. The molecule has 0 saturated heterocycles. The number of hydrogen-bond acceptors (Lipinski definition) is 6. The van der Waals surface area contributed by atoms with E-state index >= 15 is 0 Å². The molecule has 168 valence electrons. The van der Waals surface area contributed by atoms with Gasteiger partial charge in [0.2, 0.25) is 5.95 Å². The number of phenols is 1. The number of phenolic OH excluding ortho intramolecular Hbond substituents is 1. The molecule has 0 unspecified atom stereocenters. The van der Waals surface area contributed by atoms with Gasteiger partial charge in [-0.2, -0.15) is 4.98 Å². The lowest BCUT2D eigenvalue weighted by Crippen LogP contribution is -2.42. The molecule has 0 bridgehead atoms. The maximum atomic E-state index is 13.2. The second kappa shape index (κ2) is 9.95. The van der Waals surface area contributed by atoms with Crippen molar-refractivity contribution in [2.24, 2.45) is 5.92 Å². The highest BCUT2D eigenvalue weighted by Crippen LogP contribution is 2.17. The molecule has 0 saturated carbocycles. The van der Waals surface area contributed by atoms with Crippen molar-refractivity contribution in [3.63, 3.8) is 0 Å². The number of aliphatic carboxylic acids is 1. The summed E-state index contributed by atoms with van der Waals surface area (Å²) < 4.78 is 2.41. The molecule has 1 atom stereocenters. The molecule has 3 aromatic rings. The molecule has 1 heterocycles. The van der Waals surface area contributed by atoms with Gasteiger partial charge in [-0.1, -0.05) is 36.8 Å². The van der Waals surface area contributed by atoms with Gasteiger partial charge in [0.25, 0.3) is 0 Å². The van der Waals surface area contributed by atoms with Crippen LogP contribution in [0.4, 0.5) is 11.6 Å².